The van der Waals surface area contributed by atoms with Gasteiger partial charge < -0.3 is 19.9 Å². The molecule has 2 saturated heterocycles. The molecule has 4 amide bonds. The number of pyridine rings is 2. The lowest BCUT2D eigenvalue weighted by atomic mass is 9.70. The number of anilines is 2. The van der Waals surface area contributed by atoms with E-state index in [-0.39, 0.29) is 24.1 Å². The maximum atomic E-state index is 13.2. The molecule has 16 heteroatoms. The Morgan fingerprint density at radius 1 is 0.900 bits per heavy atom. The summed E-state index contributed by atoms with van der Waals surface area (Å²) in [5, 5.41) is 12.8. The van der Waals surface area contributed by atoms with Crippen LogP contribution in [0.3, 0.4) is 0 Å². The van der Waals surface area contributed by atoms with Crippen molar-refractivity contribution in [3.63, 3.8) is 0 Å². The van der Waals surface area contributed by atoms with Crippen molar-refractivity contribution in [1.82, 2.24) is 34.9 Å². The Morgan fingerprint density at radius 2 is 1.63 bits per heavy atom. The predicted molar refractivity (Wildman–Crippen MR) is 220 cm³/mol. The maximum Gasteiger partial charge on any atom is 0.433 e. The van der Waals surface area contributed by atoms with Crippen molar-refractivity contribution in [1.29, 1.82) is 0 Å². The number of hydrogen-bond acceptors (Lipinski definition) is 9. The molecule has 4 fully saturated rings. The molecule has 5 aromatic rings. The zero-order valence-corrected chi connectivity index (χ0v) is 33.5. The highest BCUT2D eigenvalue weighted by atomic mass is 19.4. The number of piperazine rings is 1. The van der Waals surface area contributed by atoms with Gasteiger partial charge in [-0.25, -0.2) is 9.78 Å². The average Bonchev–Trinajstić information content (AvgIpc) is 3.65. The Morgan fingerprint density at radius 3 is 2.35 bits per heavy atom. The fourth-order valence-corrected chi connectivity index (χ4v) is 9.61. The topological polar surface area (TPSA) is 138 Å². The van der Waals surface area contributed by atoms with Gasteiger partial charge in [0.05, 0.1) is 36.2 Å². The van der Waals surface area contributed by atoms with E-state index in [1.54, 1.807) is 23.2 Å². The van der Waals surface area contributed by atoms with Gasteiger partial charge in [-0.1, -0.05) is 24.3 Å². The van der Waals surface area contributed by atoms with Crippen LogP contribution in [-0.4, -0.2) is 100 Å². The van der Waals surface area contributed by atoms with E-state index in [2.05, 4.69) is 42.5 Å². The van der Waals surface area contributed by atoms with Crippen LogP contribution in [0.25, 0.3) is 21.7 Å². The number of rotatable bonds is 10. The van der Waals surface area contributed by atoms with E-state index in [1.165, 1.54) is 18.7 Å². The van der Waals surface area contributed by atoms with Gasteiger partial charge in [-0.05, 0) is 80.0 Å². The minimum atomic E-state index is -4.66. The third-order valence-electron chi connectivity index (χ3n) is 12.9. The second kappa shape index (κ2) is 16.4. The van der Waals surface area contributed by atoms with Crippen molar-refractivity contribution in [2.45, 2.75) is 63.1 Å². The van der Waals surface area contributed by atoms with Crippen molar-refractivity contribution >= 4 is 50.9 Å². The molecule has 0 spiro atoms. The average molecular weight is 824 g/mol. The second-order valence-corrected chi connectivity index (χ2v) is 16.7. The van der Waals surface area contributed by atoms with Crippen LogP contribution in [-0.2, 0) is 11.0 Å². The number of fused-ring (bicyclic) bond motifs is 2. The lowest BCUT2D eigenvalue weighted by Crippen LogP contribution is -2.50. The SMILES string of the molecule is COc1cc2nn(C3CCC(CN4CCN(CC5CC(c6cccc7c(N8CCC(=O)NC8=O)cncc67)C5)CC4)CC3)cc2cc1NC(=O)c1cccc(C(F)(F)F)n1. The van der Waals surface area contributed by atoms with Crippen LogP contribution < -0.4 is 20.3 Å². The number of nitrogens with zero attached hydrogens (tertiary/aromatic N) is 7. The minimum Gasteiger partial charge on any atom is -0.494 e. The van der Waals surface area contributed by atoms with Gasteiger partial charge in [0.15, 0.2) is 0 Å². The number of urea groups is 1. The minimum absolute atomic E-state index is 0.246. The summed E-state index contributed by atoms with van der Waals surface area (Å²) < 4.78 is 47.1. The Labute approximate surface area is 345 Å². The Hall–Kier alpha value is -5.61. The molecule has 3 aromatic heterocycles. The molecule has 2 aliphatic carbocycles. The lowest BCUT2D eigenvalue weighted by molar-refractivity contribution is -0.141. The normalized spacial score (nSPS) is 23.1. The number of benzene rings is 2. The van der Waals surface area contributed by atoms with Crippen molar-refractivity contribution in [3.05, 3.63) is 84.1 Å². The van der Waals surface area contributed by atoms with E-state index < -0.39 is 23.8 Å². The monoisotopic (exact) mass is 823 g/mol. The first kappa shape index (κ1) is 39.8. The molecule has 0 radical (unpaired) electrons. The summed E-state index contributed by atoms with van der Waals surface area (Å²) in [5.41, 5.74) is 1.61. The van der Waals surface area contributed by atoms with Crippen molar-refractivity contribution < 1.29 is 32.3 Å². The van der Waals surface area contributed by atoms with E-state index in [0.717, 1.165) is 112 Å². The van der Waals surface area contributed by atoms with Gasteiger partial charge in [-0.15, -0.1) is 0 Å². The fourth-order valence-electron chi connectivity index (χ4n) is 9.61. The summed E-state index contributed by atoms with van der Waals surface area (Å²) in [5.74, 6) is 1.11. The number of halogens is 3. The number of alkyl halides is 3. The number of carbonyl (C=O) groups is 3. The summed E-state index contributed by atoms with van der Waals surface area (Å²) >= 11 is 0. The predicted octanol–water partition coefficient (Wildman–Crippen LogP) is 7.25. The van der Waals surface area contributed by atoms with Gasteiger partial charge in [-0.2, -0.15) is 18.3 Å². The van der Waals surface area contributed by atoms with E-state index >= 15 is 0 Å². The summed E-state index contributed by atoms with van der Waals surface area (Å²) in [6.45, 7) is 6.92. The van der Waals surface area contributed by atoms with Crippen LogP contribution in [0, 0.1) is 11.8 Å². The molecule has 2 saturated carbocycles. The van der Waals surface area contributed by atoms with Crippen LogP contribution in [0.1, 0.15) is 78.7 Å². The molecule has 314 valence electrons. The molecule has 2 aromatic carbocycles. The largest absolute Gasteiger partial charge is 0.494 e. The van der Waals surface area contributed by atoms with Crippen LogP contribution in [0.15, 0.2) is 67.1 Å². The molecule has 0 bridgehead atoms. The highest BCUT2D eigenvalue weighted by Gasteiger charge is 2.35. The smallest absolute Gasteiger partial charge is 0.433 e. The fraction of sp³-hybridized carbons (Fsp3) is 0.455. The first-order chi connectivity index (χ1) is 29.0. The molecular weight excluding hydrogens is 776 g/mol. The number of carbonyl (C=O) groups excluding carboxylic acids is 3. The quantitative estimate of drug-likeness (QED) is 0.149. The highest BCUT2D eigenvalue weighted by molar-refractivity contribution is 6.10. The molecule has 5 heterocycles. The molecule has 2 N–H and O–H groups in total. The first-order valence-corrected chi connectivity index (χ1v) is 20.8. The first-order valence-electron chi connectivity index (χ1n) is 20.8. The zero-order chi connectivity index (χ0) is 41.5. The molecule has 0 atom stereocenters. The molecule has 4 aliphatic rings. The molecular formula is C44H48F3N9O4. The van der Waals surface area contributed by atoms with Gasteiger partial charge in [0.1, 0.15) is 17.1 Å². The van der Waals surface area contributed by atoms with Gasteiger partial charge in [0, 0.05) is 86.9 Å². The van der Waals surface area contributed by atoms with E-state index in [4.69, 9.17) is 9.84 Å². The van der Waals surface area contributed by atoms with Crippen molar-refractivity contribution in [2.75, 3.05) is 63.1 Å². The standard InChI is InChI=1S/C44H48F3N9O4/c1-60-39-21-36-30(20-37(39)50-42(58)35-6-3-7-40(49-35)44(45,46)47)26-56(52-36)31-10-8-27(9-11-31)24-53-14-16-54(17-15-53)25-28-18-29(19-28)32-4-2-5-33-34(32)22-48-23-38(33)55-13-12-41(57)51-43(55)59/h2-7,20-23,26-29,31H,8-19,24-25H2,1H3,(H,50,58)(H,51,57,59). The number of nitrogens with one attached hydrogen (secondary N) is 2. The second-order valence-electron chi connectivity index (χ2n) is 16.7. The molecule has 9 rings (SSSR count). The van der Waals surface area contributed by atoms with Crippen molar-refractivity contribution in [2.24, 2.45) is 11.8 Å². The van der Waals surface area contributed by atoms with Crippen LogP contribution in [0.4, 0.5) is 29.3 Å². The summed E-state index contributed by atoms with van der Waals surface area (Å²) in [6, 6.07) is 12.9. The Kier molecular flexibility index (Phi) is 10.9. The number of imide groups is 1. The van der Waals surface area contributed by atoms with Gasteiger partial charge in [0.25, 0.3) is 5.91 Å². The van der Waals surface area contributed by atoms with Crippen LogP contribution in [0.5, 0.6) is 5.75 Å². The number of ether oxygens (including phenoxy) is 1. The summed E-state index contributed by atoms with van der Waals surface area (Å²) in [4.78, 5) is 52.1. The van der Waals surface area contributed by atoms with Gasteiger partial charge in [0.2, 0.25) is 5.91 Å². The van der Waals surface area contributed by atoms with Gasteiger partial charge >= 0.3 is 12.2 Å². The third-order valence-corrected chi connectivity index (χ3v) is 12.9. The van der Waals surface area contributed by atoms with Gasteiger partial charge in [-0.3, -0.25) is 29.5 Å². The highest BCUT2D eigenvalue weighted by Crippen LogP contribution is 2.45. The van der Waals surface area contributed by atoms with Crippen LogP contribution >= 0.6 is 0 Å². The Bertz CT molecular complexity index is 2420. The molecule has 2 aliphatic heterocycles. The Balaban J connectivity index is 0.734. The lowest BCUT2D eigenvalue weighted by Gasteiger charge is -2.43. The third kappa shape index (κ3) is 8.26. The number of aromatic nitrogens is 4. The van der Waals surface area contributed by atoms with E-state index in [9.17, 15) is 27.6 Å². The summed E-state index contributed by atoms with van der Waals surface area (Å²) in [7, 11) is 1.47. The molecule has 0 unspecified atom stereocenters. The molecule has 13 nitrogen and oxygen atoms in total. The zero-order valence-electron chi connectivity index (χ0n) is 33.5. The van der Waals surface area contributed by atoms with Crippen LogP contribution in [0.2, 0.25) is 0 Å². The summed E-state index contributed by atoms with van der Waals surface area (Å²) in [6.07, 6.45) is 7.79. The number of hydrogen-bond donors (Lipinski definition) is 2. The number of amides is 4. The van der Waals surface area contributed by atoms with E-state index in [1.807, 2.05) is 23.1 Å². The van der Waals surface area contributed by atoms with E-state index in [0.29, 0.717) is 41.3 Å². The maximum absolute atomic E-state index is 13.2. The van der Waals surface area contributed by atoms with Crippen molar-refractivity contribution in [3.8, 4) is 5.75 Å². The number of methoxy groups -OCH3 is 1. The molecule has 60 heavy (non-hydrogen) atoms.